The van der Waals surface area contributed by atoms with Gasteiger partial charge < -0.3 is 9.63 Å². The van der Waals surface area contributed by atoms with Gasteiger partial charge in [-0.3, -0.25) is 4.79 Å². The Morgan fingerprint density at radius 1 is 1.64 bits per heavy atom. The lowest BCUT2D eigenvalue weighted by atomic mass is 10.2. The second-order valence-electron chi connectivity index (χ2n) is 2.31. The van der Waals surface area contributed by atoms with Crippen molar-refractivity contribution in [1.82, 2.24) is 4.74 Å². The van der Waals surface area contributed by atoms with Crippen molar-refractivity contribution in [2.75, 3.05) is 0 Å². The molecule has 1 aromatic heterocycles. The van der Waals surface area contributed by atoms with Gasteiger partial charge >= 0.3 is 0 Å². The van der Waals surface area contributed by atoms with Crippen LogP contribution >= 0.6 is 0 Å². The molecule has 1 heterocycles. The maximum absolute atomic E-state index is 11.1. The second kappa shape index (κ2) is 2.92. The van der Waals surface area contributed by atoms with Crippen LogP contribution in [0.3, 0.4) is 0 Å². The van der Waals surface area contributed by atoms with Crippen molar-refractivity contribution >= 4 is 0 Å². The van der Waals surface area contributed by atoms with Crippen molar-refractivity contribution in [3.63, 3.8) is 0 Å². The first-order valence-electron chi connectivity index (χ1n) is 3.49. The van der Waals surface area contributed by atoms with Crippen molar-refractivity contribution in [1.29, 1.82) is 0 Å². The summed E-state index contributed by atoms with van der Waals surface area (Å²) < 4.78 is 6.07. The number of nitrogens with zero attached hydrogens (tertiary/aromatic N) is 1. The molecule has 0 aliphatic rings. The van der Waals surface area contributed by atoms with Crippen molar-refractivity contribution in [3.05, 3.63) is 21.7 Å². The Kier molecular flexibility index (Phi) is 2.14. The molecule has 4 heteroatoms. The maximum atomic E-state index is 11.1. The zero-order valence-corrected chi connectivity index (χ0v) is 6.63. The molecule has 0 bridgehead atoms. The molecule has 0 unspecified atom stereocenters. The van der Waals surface area contributed by atoms with E-state index in [-0.39, 0.29) is 12.2 Å². The lowest BCUT2D eigenvalue weighted by Crippen LogP contribution is -2.13. The lowest BCUT2D eigenvalue weighted by molar-refractivity contribution is 0.197. The predicted octanol–water partition coefficient (Wildman–Crippen LogP) is 0.0330. The molecule has 4 nitrogen and oxygen atoms in total. The maximum Gasteiger partial charge on any atom is 0.285 e. The fourth-order valence-electron chi connectivity index (χ4n) is 1.04. The van der Waals surface area contributed by atoms with Crippen LogP contribution in [0.25, 0.3) is 0 Å². The van der Waals surface area contributed by atoms with Gasteiger partial charge in [0.25, 0.3) is 5.56 Å². The Morgan fingerprint density at radius 3 is 2.64 bits per heavy atom. The van der Waals surface area contributed by atoms with E-state index >= 15 is 0 Å². The number of aliphatic hydroxyl groups excluding tert-OH is 1. The summed E-state index contributed by atoms with van der Waals surface area (Å²) in [5.41, 5.74) is 0.409. The van der Waals surface area contributed by atoms with E-state index in [1.807, 2.05) is 6.92 Å². The summed E-state index contributed by atoms with van der Waals surface area (Å²) in [4.78, 5) is 11.1. The summed E-state index contributed by atoms with van der Waals surface area (Å²) >= 11 is 0. The van der Waals surface area contributed by atoms with Crippen LogP contribution in [0.15, 0.2) is 9.32 Å². The third kappa shape index (κ3) is 1.21. The zero-order valence-electron chi connectivity index (χ0n) is 6.63. The molecule has 0 saturated carbocycles. The third-order valence-electron chi connectivity index (χ3n) is 1.63. The number of aryl methyl sites for hydroxylation is 1. The van der Waals surface area contributed by atoms with Crippen LogP contribution in [-0.4, -0.2) is 9.85 Å². The van der Waals surface area contributed by atoms with E-state index < -0.39 is 0 Å². The van der Waals surface area contributed by atoms with Crippen LogP contribution in [0, 0.1) is 0 Å². The fraction of sp³-hybridized carbons (Fsp3) is 0.571. The van der Waals surface area contributed by atoms with Crippen LogP contribution < -0.4 is 5.56 Å². The topological polar surface area (TPSA) is 55.4 Å². The third-order valence-corrected chi connectivity index (χ3v) is 1.63. The van der Waals surface area contributed by atoms with E-state index in [1.165, 1.54) is 7.05 Å². The molecule has 0 amide bonds. The highest BCUT2D eigenvalue weighted by Crippen LogP contribution is 2.04. The highest BCUT2D eigenvalue weighted by atomic mass is 16.5. The van der Waals surface area contributed by atoms with Gasteiger partial charge in [-0.2, -0.15) is 4.74 Å². The molecule has 0 fully saturated rings. The van der Waals surface area contributed by atoms with Gasteiger partial charge in [0.2, 0.25) is 0 Å². The molecule has 1 rings (SSSR count). The molecule has 0 aliphatic carbocycles. The second-order valence-corrected chi connectivity index (χ2v) is 2.31. The minimum Gasteiger partial charge on any atom is -0.388 e. The molecule has 0 radical (unpaired) electrons. The van der Waals surface area contributed by atoms with E-state index in [1.54, 1.807) is 0 Å². The normalized spacial score (nSPS) is 10.5. The minimum atomic E-state index is -0.209. The van der Waals surface area contributed by atoms with Crippen molar-refractivity contribution in [3.8, 4) is 0 Å². The van der Waals surface area contributed by atoms with Crippen LogP contribution in [-0.2, 0) is 20.1 Å². The van der Waals surface area contributed by atoms with Gasteiger partial charge in [-0.15, -0.1) is 0 Å². The van der Waals surface area contributed by atoms with Crippen LogP contribution in [0.1, 0.15) is 18.2 Å². The van der Waals surface area contributed by atoms with E-state index in [9.17, 15) is 4.79 Å². The Morgan fingerprint density at radius 2 is 2.27 bits per heavy atom. The van der Waals surface area contributed by atoms with Gasteiger partial charge in [0.05, 0.1) is 5.56 Å². The molecule has 62 valence electrons. The van der Waals surface area contributed by atoms with E-state index in [0.717, 1.165) is 4.74 Å². The summed E-state index contributed by atoms with van der Waals surface area (Å²) in [7, 11) is 1.53. The SMILES string of the molecule is CCc1c(CO)on(C)c1=O. The van der Waals surface area contributed by atoms with E-state index in [2.05, 4.69) is 0 Å². The number of aromatic nitrogens is 1. The first-order valence-corrected chi connectivity index (χ1v) is 3.49. The highest BCUT2D eigenvalue weighted by molar-refractivity contribution is 5.12. The minimum absolute atomic E-state index is 0.156. The van der Waals surface area contributed by atoms with Gasteiger partial charge in [-0.05, 0) is 6.42 Å². The molecule has 0 saturated heterocycles. The van der Waals surface area contributed by atoms with Crippen LogP contribution in [0.4, 0.5) is 0 Å². The van der Waals surface area contributed by atoms with Gasteiger partial charge in [0, 0.05) is 7.05 Å². The van der Waals surface area contributed by atoms with Gasteiger partial charge in [0.15, 0.2) is 5.76 Å². The number of rotatable bonds is 2. The summed E-state index contributed by atoms with van der Waals surface area (Å²) in [6.45, 7) is 1.64. The summed E-state index contributed by atoms with van der Waals surface area (Å²) in [6, 6.07) is 0. The molecule has 0 atom stereocenters. The number of aliphatic hydroxyl groups is 1. The van der Waals surface area contributed by atoms with E-state index in [4.69, 9.17) is 9.63 Å². The molecular formula is C7H11NO3. The molecule has 0 spiro atoms. The average molecular weight is 157 g/mol. The first kappa shape index (κ1) is 8.07. The molecule has 11 heavy (non-hydrogen) atoms. The van der Waals surface area contributed by atoms with Crippen LogP contribution in [0.5, 0.6) is 0 Å². The molecule has 1 N–H and O–H groups in total. The quantitative estimate of drug-likeness (QED) is 0.659. The Labute approximate surface area is 64.0 Å². The summed E-state index contributed by atoms with van der Waals surface area (Å²) in [6.07, 6.45) is 0.596. The average Bonchev–Trinajstić information content (AvgIpc) is 2.28. The fourth-order valence-corrected chi connectivity index (χ4v) is 1.04. The molecule has 0 aliphatic heterocycles. The molecule has 0 aromatic carbocycles. The van der Waals surface area contributed by atoms with Crippen molar-refractivity contribution < 1.29 is 9.63 Å². The first-order chi connectivity index (χ1) is 5.20. The number of hydrogen-bond acceptors (Lipinski definition) is 3. The van der Waals surface area contributed by atoms with Crippen molar-refractivity contribution in [2.24, 2.45) is 7.05 Å². The summed E-state index contributed by atoms with van der Waals surface area (Å²) in [5, 5.41) is 8.74. The summed E-state index contributed by atoms with van der Waals surface area (Å²) in [5.74, 6) is 0.375. The standard InChI is InChI=1S/C7H11NO3/c1-3-5-6(4-9)11-8(2)7(5)10/h9H,3-4H2,1-2H3. The monoisotopic (exact) mass is 157 g/mol. The van der Waals surface area contributed by atoms with Gasteiger partial charge in [0.1, 0.15) is 6.61 Å². The van der Waals surface area contributed by atoms with Crippen LogP contribution in [0.2, 0.25) is 0 Å². The highest BCUT2D eigenvalue weighted by Gasteiger charge is 2.11. The Balaban J connectivity index is 3.27. The van der Waals surface area contributed by atoms with Crippen molar-refractivity contribution in [2.45, 2.75) is 20.0 Å². The Hall–Kier alpha value is -1.03. The van der Waals surface area contributed by atoms with Gasteiger partial charge in [-0.1, -0.05) is 6.92 Å². The Bertz CT molecular complexity index is 297. The zero-order chi connectivity index (χ0) is 8.43. The predicted molar refractivity (Wildman–Crippen MR) is 39.2 cm³/mol. The number of hydrogen-bond donors (Lipinski definition) is 1. The smallest absolute Gasteiger partial charge is 0.285 e. The molecular weight excluding hydrogens is 146 g/mol. The lowest BCUT2D eigenvalue weighted by Gasteiger charge is -1.88. The van der Waals surface area contributed by atoms with Gasteiger partial charge in [-0.25, -0.2) is 0 Å². The van der Waals surface area contributed by atoms with E-state index in [0.29, 0.717) is 17.7 Å². The molecule has 1 aromatic rings. The largest absolute Gasteiger partial charge is 0.388 e.